The van der Waals surface area contributed by atoms with Crippen LogP contribution in [-0.2, 0) is 28.8 Å². The number of nitrogens with one attached hydrogen (secondary N) is 1. The largest absolute Gasteiger partial charge is 0.454 e. The Morgan fingerprint density at radius 3 is 2.71 bits per heavy atom. The van der Waals surface area contributed by atoms with Gasteiger partial charge in [0.2, 0.25) is 11.8 Å². The van der Waals surface area contributed by atoms with Crippen LogP contribution in [0.25, 0.3) is 0 Å². The van der Waals surface area contributed by atoms with Crippen LogP contribution in [0.1, 0.15) is 18.4 Å². The molecule has 3 amide bonds. The van der Waals surface area contributed by atoms with Gasteiger partial charge in [-0.05, 0) is 12.0 Å². The molecule has 8 nitrogen and oxygen atoms in total. The number of hydrogen-bond acceptors (Lipinski definition) is 6. The van der Waals surface area contributed by atoms with Crippen molar-refractivity contribution in [2.45, 2.75) is 23.8 Å². The molecule has 2 aliphatic rings. The van der Waals surface area contributed by atoms with E-state index in [2.05, 4.69) is 5.32 Å². The molecule has 28 heavy (non-hydrogen) atoms. The van der Waals surface area contributed by atoms with Gasteiger partial charge >= 0.3 is 5.97 Å². The highest BCUT2D eigenvalue weighted by atomic mass is 32.2. The van der Waals surface area contributed by atoms with Crippen molar-refractivity contribution in [3.05, 3.63) is 35.9 Å². The van der Waals surface area contributed by atoms with Crippen molar-refractivity contribution < 1.29 is 23.9 Å². The number of carbonyl (C=O) groups is 4. The molecule has 0 spiro atoms. The number of thioether (sulfide) groups is 1. The summed E-state index contributed by atoms with van der Waals surface area (Å²) >= 11 is 1.56. The fraction of sp³-hybridized carbons (Fsp3) is 0.474. The van der Waals surface area contributed by atoms with Crippen LogP contribution in [0.15, 0.2) is 30.3 Å². The Balaban J connectivity index is 1.66. The van der Waals surface area contributed by atoms with Gasteiger partial charge in [0.05, 0.1) is 6.54 Å². The average molecular weight is 405 g/mol. The highest BCUT2D eigenvalue weighted by Gasteiger charge is 2.57. The molecule has 2 atom stereocenters. The third kappa shape index (κ3) is 3.71. The van der Waals surface area contributed by atoms with E-state index in [0.717, 1.165) is 5.56 Å². The second-order valence-electron chi connectivity index (χ2n) is 6.77. The van der Waals surface area contributed by atoms with Gasteiger partial charge in [-0.2, -0.15) is 0 Å². The summed E-state index contributed by atoms with van der Waals surface area (Å²) in [6, 6.07) is 8.94. The van der Waals surface area contributed by atoms with Crippen LogP contribution in [0.5, 0.6) is 0 Å². The van der Waals surface area contributed by atoms with E-state index < -0.39 is 29.4 Å². The Morgan fingerprint density at radius 1 is 1.32 bits per heavy atom. The Morgan fingerprint density at radius 2 is 2.04 bits per heavy atom. The van der Waals surface area contributed by atoms with E-state index in [1.54, 1.807) is 16.7 Å². The predicted molar refractivity (Wildman–Crippen MR) is 103 cm³/mol. The number of nitrogens with zero attached hydrogens (tertiary/aromatic N) is 2. The molecule has 0 bridgehead atoms. The zero-order chi connectivity index (χ0) is 20.3. The highest BCUT2D eigenvalue weighted by molar-refractivity contribution is 8.00. The van der Waals surface area contributed by atoms with Crippen molar-refractivity contribution in [3.63, 3.8) is 0 Å². The van der Waals surface area contributed by atoms with E-state index in [9.17, 15) is 19.2 Å². The Bertz CT molecular complexity index is 787. The predicted octanol–water partition coefficient (Wildman–Crippen LogP) is 0.325. The Hall–Kier alpha value is -2.55. The smallest absolute Gasteiger partial charge is 0.330 e. The van der Waals surface area contributed by atoms with Crippen molar-refractivity contribution in [2.75, 3.05) is 33.0 Å². The molecule has 0 aliphatic carbocycles. The molecule has 2 heterocycles. The summed E-state index contributed by atoms with van der Waals surface area (Å²) in [5, 5.41) is 2.42. The van der Waals surface area contributed by atoms with Crippen molar-refractivity contribution in [1.29, 1.82) is 0 Å². The molecular weight excluding hydrogens is 382 g/mol. The maximum Gasteiger partial charge on any atom is 0.330 e. The molecular formula is C19H23N3O5S. The number of ether oxygens (including phenoxy) is 1. The van der Waals surface area contributed by atoms with Gasteiger partial charge in [-0.3, -0.25) is 14.4 Å². The second kappa shape index (κ2) is 8.22. The molecule has 1 N–H and O–H groups in total. The molecule has 9 heteroatoms. The summed E-state index contributed by atoms with van der Waals surface area (Å²) in [7, 11) is 2.94. The second-order valence-corrected chi connectivity index (χ2v) is 8.07. The lowest BCUT2D eigenvalue weighted by Gasteiger charge is -2.33. The zero-order valence-electron chi connectivity index (χ0n) is 15.8. The lowest BCUT2D eigenvalue weighted by molar-refractivity contribution is -0.158. The van der Waals surface area contributed by atoms with Gasteiger partial charge in [-0.15, -0.1) is 11.8 Å². The normalized spacial score (nSPS) is 23.3. The van der Waals surface area contributed by atoms with Crippen molar-refractivity contribution in [2.24, 2.45) is 0 Å². The molecule has 2 saturated heterocycles. The number of rotatable bonds is 6. The molecule has 0 unspecified atom stereocenters. The minimum Gasteiger partial charge on any atom is -0.454 e. The molecule has 0 aromatic heterocycles. The Kier molecular flexibility index (Phi) is 5.93. The van der Waals surface area contributed by atoms with Crippen LogP contribution in [0.4, 0.5) is 0 Å². The Labute approximate surface area is 167 Å². The van der Waals surface area contributed by atoms with E-state index in [1.807, 2.05) is 30.3 Å². The minimum atomic E-state index is -0.725. The van der Waals surface area contributed by atoms with E-state index in [1.165, 1.54) is 19.0 Å². The highest BCUT2D eigenvalue weighted by Crippen LogP contribution is 2.54. The van der Waals surface area contributed by atoms with Crippen molar-refractivity contribution in [1.82, 2.24) is 15.1 Å². The summed E-state index contributed by atoms with van der Waals surface area (Å²) < 4.78 is 5.19. The molecule has 0 radical (unpaired) electrons. The molecule has 2 fully saturated rings. The SMILES string of the molecule is CNC(=O)CN(C)C(=O)COC(=O)[C@@H]1CS[C@]2(c3ccccc3)CCC(=O)N12. The lowest BCUT2D eigenvalue weighted by atomic mass is 10.0. The summed E-state index contributed by atoms with van der Waals surface area (Å²) in [5.41, 5.74) is 0.988. The molecule has 1 aromatic carbocycles. The number of carbonyl (C=O) groups excluding carboxylic acids is 4. The standard InChI is InChI=1S/C19H23N3O5S/c1-20-15(23)10-21(2)17(25)11-27-18(26)14-12-28-19(9-8-16(24)22(14)19)13-6-4-3-5-7-13/h3-7,14H,8-12H2,1-2H3,(H,20,23)/t14-,19-/m0/s1. The van der Waals surface area contributed by atoms with Crippen molar-refractivity contribution >= 4 is 35.5 Å². The number of fused-ring (bicyclic) bond motifs is 1. The topological polar surface area (TPSA) is 96.0 Å². The van der Waals surface area contributed by atoms with Crippen LogP contribution in [0, 0.1) is 0 Å². The number of likely N-dealkylation sites (N-methyl/N-ethyl adjacent to an activating group) is 2. The van der Waals surface area contributed by atoms with Gasteiger partial charge < -0.3 is 19.9 Å². The van der Waals surface area contributed by atoms with Crippen LogP contribution in [0.3, 0.4) is 0 Å². The third-order valence-corrected chi connectivity index (χ3v) is 6.64. The first-order valence-electron chi connectivity index (χ1n) is 9.02. The average Bonchev–Trinajstić information content (AvgIpc) is 3.25. The summed E-state index contributed by atoms with van der Waals surface area (Å²) in [6.45, 7) is -0.582. The number of hydrogen-bond donors (Lipinski definition) is 1. The van der Waals surface area contributed by atoms with Gasteiger partial charge in [0.15, 0.2) is 6.61 Å². The summed E-state index contributed by atoms with van der Waals surface area (Å²) in [4.78, 5) is 50.8. The third-order valence-electron chi connectivity index (χ3n) is 5.05. The summed E-state index contributed by atoms with van der Waals surface area (Å²) in [6.07, 6.45) is 1.01. The first-order chi connectivity index (χ1) is 13.4. The van der Waals surface area contributed by atoms with Crippen LogP contribution in [0.2, 0.25) is 0 Å². The first-order valence-corrected chi connectivity index (χ1v) is 10.0. The number of esters is 1. The van der Waals surface area contributed by atoms with E-state index in [4.69, 9.17) is 4.74 Å². The van der Waals surface area contributed by atoms with Crippen LogP contribution in [-0.4, -0.2) is 72.5 Å². The quantitative estimate of drug-likeness (QED) is 0.685. The first kappa shape index (κ1) is 20.2. The van der Waals surface area contributed by atoms with Gasteiger partial charge in [0.1, 0.15) is 10.9 Å². The molecule has 0 saturated carbocycles. The van der Waals surface area contributed by atoms with Gasteiger partial charge in [-0.25, -0.2) is 4.79 Å². The van der Waals surface area contributed by atoms with E-state index in [-0.39, 0.29) is 18.4 Å². The fourth-order valence-electron chi connectivity index (χ4n) is 3.54. The minimum absolute atomic E-state index is 0.0844. The van der Waals surface area contributed by atoms with Crippen LogP contribution >= 0.6 is 11.8 Å². The molecule has 2 aliphatic heterocycles. The van der Waals surface area contributed by atoms with Gasteiger partial charge in [-0.1, -0.05) is 30.3 Å². The maximum atomic E-state index is 12.6. The lowest BCUT2D eigenvalue weighted by Crippen LogP contribution is -2.47. The van der Waals surface area contributed by atoms with Gasteiger partial charge in [0.25, 0.3) is 5.91 Å². The van der Waals surface area contributed by atoms with E-state index in [0.29, 0.717) is 18.6 Å². The van der Waals surface area contributed by atoms with E-state index >= 15 is 0 Å². The number of amides is 3. The molecule has 150 valence electrons. The zero-order valence-corrected chi connectivity index (χ0v) is 16.7. The number of benzene rings is 1. The van der Waals surface area contributed by atoms with Crippen LogP contribution < -0.4 is 5.32 Å². The summed E-state index contributed by atoms with van der Waals surface area (Å²) in [5.74, 6) is -1.06. The van der Waals surface area contributed by atoms with Gasteiger partial charge in [0, 0.05) is 26.3 Å². The maximum absolute atomic E-state index is 12.6. The molecule has 3 rings (SSSR count). The fourth-order valence-corrected chi connectivity index (χ4v) is 5.17. The molecule has 1 aromatic rings. The monoisotopic (exact) mass is 405 g/mol. The van der Waals surface area contributed by atoms with Crippen molar-refractivity contribution in [3.8, 4) is 0 Å².